The van der Waals surface area contributed by atoms with Crippen molar-refractivity contribution in [1.82, 2.24) is 9.55 Å². The van der Waals surface area contributed by atoms with Crippen LogP contribution >= 0.6 is 0 Å². The second kappa shape index (κ2) is 6.15. The molecule has 1 unspecified atom stereocenters. The average Bonchev–Trinajstić information content (AvgIpc) is 2.86. The van der Waals surface area contributed by atoms with Crippen LogP contribution < -0.4 is 5.73 Å². The Morgan fingerprint density at radius 3 is 2.80 bits per heavy atom. The Hall–Kier alpha value is -1.72. The Morgan fingerprint density at radius 2 is 2.25 bits per heavy atom. The summed E-state index contributed by atoms with van der Waals surface area (Å²) < 4.78 is 15.3. The molecule has 2 aromatic rings. The predicted molar refractivity (Wildman–Crippen MR) is 75.7 cm³/mol. The summed E-state index contributed by atoms with van der Waals surface area (Å²) in [5, 5.41) is 9.79. The quantitative estimate of drug-likeness (QED) is 0.838. The third-order valence-corrected chi connectivity index (χ3v) is 3.88. The normalized spacial score (nSPS) is 14.2. The van der Waals surface area contributed by atoms with E-state index in [0.29, 0.717) is 12.8 Å². The highest BCUT2D eigenvalue weighted by molar-refractivity contribution is 5.27. The van der Waals surface area contributed by atoms with Crippen molar-refractivity contribution in [2.24, 2.45) is 12.8 Å². The first-order valence-electron chi connectivity index (χ1n) is 6.64. The summed E-state index contributed by atoms with van der Waals surface area (Å²) in [6.07, 6.45) is 4.91. The maximum atomic E-state index is 13.4. The van der Waals surface area contributed by atoms with E-state index in [1.165, 1.54) is 12.1 Å². The van der Waals surface area contributed by atoms with Crippen molar-refractivity contribution in [2.75, 3.05) is 13.2 Å². The second-order valence-electron chi connectivity index (χ2n) is 5.11. The fourth-order valence-corrected chi connectivity index (χ4v) is 2.41. The van der Waals surface area contributed by atoms with E-state index in [9.17, 15) is 9.50 Å². The summed E-state index contributed by atoms with van der Waals surface area (Å²) in [5.41, 5.74) is 5.97. The van der Waals surface area contributed by atoms with E-state index < -0.39 is 5.41 Å². The van der Waals surface area contributed by atoms with Crippen LogP contribution in [0.4, 0.5) is 4.39 Å². The van der Waals surface area contributed by atoms with Crippen molar-refractivity contribution in [3.8, 4) is 0 Å². The summed E-state index contributed by atoms with van der Waals surface area (Å²) in [4.78, 5) is 4.27. The predicted octanol–water partition coefficient (Wildman–Crippen LogP) is 1.38. The number of hydrogen-bond acceptors (Lipinski definition) is 3. The van der Waals surface area contributed by atoms with E-state index in [-0.39, 0.29) is 19.0 Å². The van der Waals surface area contributed by atoms with Gasteiger partial charge in [0.15, 0.2) is 0 Å². The summed E-state index contributed by atoms with van der Waals surface area (Å²) in [6, 6.07) is 6.29. The standard InChI is InChI=1S/C15H20FN3O/c1-19-8-7-18-14(19)5-6-15(10-17,11-20)12-3-2-4-13(16)9-12/h2-4,7-9,20H,5-6,10-11,17H2,1H3. The molecule has 5 heteroatoms. The lowest BCUT2D eigenvalue weighted by atomic mass is 9.77. The number of aliphatic hydroxyl groups is 1. The van der Waals surface area contributed by atoms with Gasteiger partial charge >= 0.3 is 0 Å². The molecular weight excluding hydrogens is 257 g/mol. The highest BCUT2D eigenvalue weighted by Gasteiger charge is 2.30. The minimum Gasteiger partial charge on any atom is -0.395 e. The molecule has 20 heavy (non-hydrogen) atoms. The maximum Gasteiger partial charge on any atom is 0.123 e. The molecule has 3 N–H and O–H groups in total. The summed E-state index contributed by atoms with van der Waals surface area (Å²) in [6.45, 7) is 0.148. The second-order valence-corrected chi connectivity index (χ2v) is 5.11. The van der Waals surface area contributed by atoms with Crippen molar-refractivity contribution in [2.45, 2.75) is 18.3 Å². The number of imidazole rings is 1. The lowest BCUT2D eigenvalue weighted by molar-refractivity contribution is 0.187. The van der Waals surface area contributed by atoms with Gasteiger partial charge in [0.05, 0.1) is 6.61 Å². The molecule has 1 aromatic carbocycles. The Labute approximate surface area is 118 Å². The molecule has 1 heterocycles. The van der Waals surface area contributed by atoms with E-state index in [1.807, 2.05) is 23.9 Å². The van der Waals surface area contributed by atoms with Crippen molar-refractivity contribution < 1.29 is 9.50 Å². The third kappa shape index (κ3) is 2.89. The molecule has 1 aromatic heterocycles. The summed E-state index contributed by atoms with van der Waals surface area (Å²) in [7, 11) is 1.92. The van der Waals surface area contributed by atoms with E-state index in [1.54, 1.807) is 12.3 Å². The van der Waals surface area contributed by atoms with Gasteiger partial charge in [0, 0.05) is 37.8 Å². The van der Waals surface area contributed by atoms with E-state index in [2.05, 4.69) is 4.98 Å². The van der Waals surface area contributed by atoms with Gasteiger partial charge in [-0.15, -0.1) is 0 Å². The van der Waals surface area contributed by atoms with Crippen LogP contribution in [0, 0.1) is 5.82 Å². The lowest BCUT2D eigenvalue weighted by Crippen LogP contribution is -2.39. The Kier molecular flexibility index (Phi) is 4.52. The molecule has 0 aliphatic carbocycles. The zero-order valence-corrected chi connectivity index (χ0v) is 11.6. The number of rotatable bonds is 6. The van der Waals surface area contributed by atoms with Gasteiger partial charge in [0.1, 0.15) is 11.6 Å². The highest BCUT2D eigenvalue weighted by atomic mass is 19.1. The smallest absolute Gasteiger partial charge is 0.123 e. The molecular formula is C15H20FN3O. The van der Waals surface area contributed by atoms with Crippen LogP contribution in [-0.4, -0.2) is 27.8 Å². The molecule has 0 aliphatic rings. The van der Waals surface area contributed by atoms with E-state index in [4.69, 9.17) is 5.73 Å². The molecule has 0 amide bonds. The molecule has 4 nitrogen and oxygen atoms in total. The fraction of sp³-hybridized carbons (Fsp3) is 0.400. The summed E-state index contributed by atoms with van der Waals surface area (Å²) >= 11 is 0. The molecule has 0 spiro atoms. The van der Waals surface area contributed by atoms with E-state index in [0.717, 1.165) is 11.4 Å². The van der Waals surface area contributed by atoms with Gasteiger partial charge in [0.25, 0.3) is 0 Å². The van der Waals surface area contributed by atoms with Gasteiger partial charge in [-0.25, -0.2) is 9.37 Å². The Morgan fingerprint density at radius 1 is 1.45 bits per heavy atom. The topological polar surface area (TPSA) is 64.1 Å². The number of nitrogens with two attached hydrogens (primary N) is 1. The van der Waals surface area contributed by atoms with Crippen LogP contribution in [0.5, 0.6) is 0 Å². The molecule has 0 aliphatic heterocycles. The van der Waals surface area contributed by atoms with Gasteiger partial charge in [-0.05, 0) is 24.1 Å². The van der Waals surface area contributed by atoms with Crippen LogP contribution in [0.2, 0.25) is 0 Å². The van der Waals surface area contributed by atoms with Crippen LogP contribution in [-0.2, 0) is 18.9 Å². The first kappa shape index (κ1) is 14.7. The minimum atomic E-state index is -0.631. The fourth-order valence-electron chi connectivity index (χ4n) is 2.41. The Bertz CT molecular complexity index is 564. The number of aliphatic hydroxyl groups excluding tert-OH is 1. The first-order chi connectivity index (χ1) is 9.61. The maximum absolute atomic E-state index is 13.4. The van der Waals surface area contributed by atoms with E-state index >= 15 is 0 Å². The number of nitrogens with zero attached hydrogens (tertiary/aromatic N) is 2. The molecule has 0 bridgehead atoms. The number of benzene rings is 1. The molecule has 108 valence electrons. The van der Waals surface area contributed by atoms with Gasteiger partial charge in [-0.3, -0.25) is 0 Å². The van der Waals surface area contributed by atoms with Crippen molar-refractivity contribution in [3.05, 3.63) is 53.9 Å². The molecule has 0 fully saturated rings. The Balaban J connectivity index is 2.23. The van der Waals surface area contributed by atoms with Crippen LogP contribution in [0.25, 0.3) is 0 Å². The minimum absolute atomic E-state index is 0.114. The largest absolute Gasteiger partial charge is 0.395 e. The number of hydrogen-bond donors (Lipinski definition) is 2. The van der Waals surface area contributed by atoms with Crippen LogP contribution in [0.1, 0.15) is 17.8 Å². The lowest BCUT2D eigenvalue weighted by Gasteiger charge is -2.31. The van der Waals surface area contributed by atoms with Crippen molar-refractivity contribution in [3.63, 3.8) is 0 Å². The highest BCUT2D eigenvalue weighted by Crippen LogP contribution is 2.28. The van der Waals surface area contributed by atoms with Gasteiger partial charge < -0.3 is 15.4 Å². The number of aryl methyl sites for hydroxylation is 2. The van der Waals surface area contributed by atoms with Crippen molar-refractivity contribution in [1.29, 1.82) is 0 Å². The zero-order valence-electron chi connectivity index (χ0n) is 11.6. The SMILES string of the molecule is Cn1ccnc1CCC(CN)(CO)c1cccc(F)c1. The summed E-state index contributed by atoms with van der Waals surface area (Å²) in [5.74, 6) is 0.610. The number of aromatic nitrogens is 2. The molecule has 0 saturated heterocycles. The third-order valence-electron chi connectivity index (χ3n) is 3.88. The van der Waals surface area contributed by atoms with Crippen LogP contribution in [0.15, 0.2) is 36.7 Å². The van der Waals surface area contributed by atoms with Gasteiger partial charge in [-0.2, -0.15) is 0 Å². The monoisotopic (exact) mass is 277 g/mol. The van der Waals surface area contributed by atoms with Crippen molar-refractivity contribution >= 4 is 0 Å². The van der Waals surface area contributed by atoms with Gasteiger partial charge in [-0.1, -0.05) is 12.1 Å². The molecule has 0 radical (unpaired) electrons. The average molecular weight is 277 g/mol. The molecule has 1 atom stereocenters. The van der Waals surface area contributed by atoms with Gasteiger partial charge in [0.2, 0.25) is 0 Å². The number of halogens is 1. The molecule has 2 rings (SSSR count). The van der Waals surface area contributed by atoms with Crippen LogP contribution in [0.3, 0.4) is 0 Å². The molecule has 0 saturated carbocycles. The first-order valence-corrected chi connectivity index (χ1v) is 6.64. The zero-order chi connectivity index (χ0) is 14.6.